The third kappa shape index (κ3) is 3.59. The van der Waals surface area contributed by atoms with Gasteiger partial charge in [0.25, 0.3) is 0 Å². The van der Waals surface area contributed by atoms with Crippen LogP contribution in [0.25, 0.3) is 0 Å². The van der Waals surface area contributed by atoms with Crippen LogP contribution in [0, 0.1) is 0 Å². The number of anilines is 2. The van der Waals surface area contributed by atoms with Crippen LogP contribution in [0.4, 0.5) is 11.4 Å². The summed E-state index contributed by atoms with van der Waals surface area (Å²) in [6.07, 6.45) is 1.97. The summed E-state index contributed by atoms with van der Waals surface area (Å²) >= 11 is 1.58. The molecule has 1 heterocycles. The van der Waals surface area contributed by atoms with E-state index in [2.05, 4.69) is 10.5 Å². The van der Waals surface area contributed by atoms with Crippen LogP contribution in [0.1, 0.15) is 0 Å². The number of hydrogen-bond donors (Lipinski definition) is 2. The van der Waals surface area contributed by atoms with Gasteiger partial charge in [-0.25, -0.2) is 0 Å². The van der Waals surface area contributed by atoms with Crippen LogP contribution in [0.15, 0.2) is 40.9 Å². The Labute approximate surface area is 116 Å². The average molecular weight is 278 g/mol. The van der Waals surface area contributed by atoms with Crippen LogP contribution < -0.4 is 15.1 Å². The van der Waals surface area contributed by atoms with Gasteiger partial charge in [0.2, 0.25) is 4.80 Å². The summed E-state index contributed by atoms with van der Waals surface area (Å²) < 4.78 is 1.96. The molecule has 2 aromatic rings. The Hall–Kier alpha value is -1.79. The topological polar surface area (TPSA) is 52.8 Å². The second kappa shape index (κ2) is 6.40. The molecule has 0 aliphatic carbocycles. The number of aromatic nitrogens is 1. The molecule has 1 aromatic heterocycles. The first-order valence-corrected chi connectivity index (χ1v) is 6.90. The molecule has 0 saturated heterocycles. The zero-order chi connectivity index (χ0) is 13.7. The molecule has 5 nitrogen and oxygen atoms in total. The van der Waals surface area contributed by atoms with Gasteiger partial charge in [-0.3, -0.25) is 5.43 Å². The van der Waals surface area contributed by atoms with Crippen LogP contribution in [0.3, 0.4) is 0 Å². The second-order valence-electron chi connectivity index (χ2n) is 4.21. The van der Waals surface area contributed by atoms with E-state index in [9.17, 15) is 0 Å². The highest BCUT2D eigenvalue weighted by Crippen LogP contribution is 2.16. The SMILES string of the molecule is CN(CCO)c1ccc(NN=c2sccn2C)cc1. The summed E-state index contributed by atoms with van der Waals surface area (Å²) in [7, 11) is 3.92. The minimum Gasteiger partial charge on any atom is -0.395 e. The first-order valence-electron chi connectivity index (χ1n) is 6.02. The molecule has 0 saturated carbocycles. The van der Waals surface area contributed by atoms with Crippen molar-refractivity contribution in [3.8, 4) is 0 Å². The molecular weight excluding hydrogens is 260 g/mol. The summed E-state index contributed by atoms with van der Waals surface area (Å²) in [5.74, 6) is 0. The van der Waals surface area contributed by atoms with Gasteiger partial charge < -0.3 is 14.6 Å². The lowest BCUT2D eigenvalue weighted by molar-refractivity contribution is 0.304. The lowest BCUT2D eigenvalue weighted by Gasteiger charge is -2.17. The summed E-state index contributed by atoms with van der Waals surface area (Å²) in [6.45, 7) is 0.781. The Balaban J connectivity index is 2.05. The standard InChI is InChI=1S/C13H18N4OS/c1-16(7-9-18)12-5-3-11(4-6-12)14-15-13-17(2)8-10-19-13/h3-6,8,10,14,18H,7,9H2,1-2H3. The largest absolute Gasteiger partial charge is 0.395 e. The van der Waals surface area contributed by atoms with Crippen molar-refractivity contribution < 1.29 is 5.11 Å². The quantitative estimate of drug-likeness (QED) is 0.814. The lowest BCUT2D eigenvalue weighted by Crippen LogP contribution is -2.20. The number of aliphatic hydroxyl groups is 1. The molecule has 0 bridgehead atoms. The molecule has 0 unspecified atom stereocenters. The van der Waals surface area contributed by atoms with Crippen LogP contribution >= 0.6 is 11.3 Å². The summed E-state index contributed by atoms with van der Waals surface area (Å²) in [6, 6.07) is 7.95. The molecule has 2 rings (SSSR count). The Morgan fingerprint density at radius 1 is 1.37 bits per heavy atom. The first-order chi connectivity index (χ1) is 9.20. The van der Waals surface area contributed by atoms with Gasteiger partial charge >= 0.3 is 0 Å². The number of benzene rings is 1. The molecular formula is C13H18N4OS. The van der Waals surface area contributed by atoms with Gasteiger partial charge in [-0.05, 0) is 24.3 Å². The maximum absolute atomic E-state index is 8.90. The van der Waals surface area contributed by atoms with Gasteiger partial charge in [0.1, 0.15) is 0 Å². The predicted octanol–water partition coefficient (Wildman–Crippen LogP) is 1.44. The highest BCUT2D eigenvalue weighted by atomic mass is 32.1. The minimum absolute atomic E-state index is 0.153. The van der Waals surface area contributed by atoms with Crippen molar-refractivity contribution in [2.45, 2.75) is 0 Å². The van der Waals surface area contributed by atoms with Gasteiger partial charge in [-0.15, -0.1) is 16.4 Å². The average Bonchev–Trinajstić information content (AvgIpc) is 2.83. The number of hydrogen-bond acceptors (Lipinski definition) is 5. The molecule has 0 atom stereocenters. The van der Waals surface area contributed by atoms with E-state index in [1.807, 2.05) is 59.4 Å². The van der Waals surface area contributed by atoms with Crippen molar-refractivity contribution in [2.75, 3.05) is 30.5 Å². The number of nitrogens with one attached hydrogen (secondary N) is 1. The van der Waals surface area contributed by atoms with Crippen LogP contribution in [0.5, 0.6) is 0 Å². The van der Waals surface area contributed by atoms with E-state index in [4.69, 9.17) is 5.11 Å². The third-order valence-electron chi connectivity index (χ3n) is 2.78. The third-order valence-corrected chi connectivity index (χ3v) is 3.63. The maximum atomic E-state index is 8.90. The predicted molar refractivity (Wildman–Crippen MR) is 79.3 cm³/mol. The van der Waals surface area contributed by atoms with Crippen molar-refractivity contribution in [1.29, 1.82) is 0 Å². The maximum Gasteiger partial charge on any atom is 0.207 e. The van der Waals surface area contributed by atoms with Gasteiger partial charge in [0.05, 0.1) is 12.3 Å². The molecule has 19 heavy (non-hydrogen) atoms. The fraction of sp³-hybridized carbons (Fsp3) is 0.308. The molecule has 0 fully saturated rings. The monoisotopic (exact) mass is 278 g/mol. The molecule has 0 spiro atoms. The van der Waals surface area contributed by atoms with Crippen LogP contribution in [-0.2, 0) is 7.05 Å². The minimum atomic E-state index is 0.153. The molecule has 0 amide bonds. The molecule has 2 N–H and O–H groups in total. The number of nitrogens with zero attached hydrogens (tertiary/aromatic N) is 3. The number of rotatable bonds is 5. The van der Waals surface area contributed by atoms with Crippen LogP contribution in [-0.4, -0.2) is 29.9 Å². The molecule has 0 radical (unpaired) electrons. The number of aliphatic hydroxyl groups excluding tert-OH is 1. The summed E-state index contributed by atoms with van der Waals surface area (Å²) in [5.41, 5.74) is 5.04. The van der Waals surface area contributed by atoms with Crippen molar-refractivity contribution in [2.24, 2.45) is 12.1 Å². The van der Waals surface area contributed by atoms with Crippen LogP contribution in [0.2, 0.25) is 0 Å². The normalized spacial score (nSPS) is 11.6. The smallest absolute Gasteiger partial charge is 0.207 e. The van der Waals surface area contributed by atoms with E-state index in [1.165, 1.54) is 0 Å². The molecule has 6 heteroatoms. The van der Waals surface area contributed by atoms with Crippen molar-refractivity contribution >= 4 is 22.7 Å². The highest BCUT2D eigenvalue weighted by Gasteiger charge is 1.99. The Morgan fingerprint density at radius 3 is 2.68 bits per heavy atom. The zero-order valence-electron chi connectivity index (χ0n) is 11.1. The van der Waals surface area contributed by atoms with E-state index >= 15 is 0 Å². The Morgan fingerprint density at radius 2 is 2.11 bits per heavy atom. The Bertz CT molecular complexity index is 573. The zero-order valence-corrected chi connectivity index (χ0v) is 11.9. The molecule has 102 valence electrons. The second-order valence-corrected chi connectivity index (χ2v) is 5.09. The van der Waals surface area contributed by atoms with Crippen molar-refractivity contribution in [3.63, 3.8) is 0 Å². The van der Waals surface area contributed by atoms with Gasteiger partial charge in [-0.1, -0.05) is 0 Å². The van der Waals surface area contributed by atoms with Crippen molar-refractivity contribution in [3.05, 3.63) is 40.6 Å². The highest BCUT2D eigenvalue weighted by molar-refractivity contribution is 7.07. The van der Waals surface area contributed by atoms with E-state index < -0.39 is 0 Å². The Kier molecular flexibility index (Phi) is 4.59. The van der Waals surface area contributed by atoms with E-state index in [0.717, 1.165) is 16.2 Å². The molecule has 0 aliphatic rings. The van der Waals surface area contributed by atoms with Crippen molar-refractivity contribution in [1.82, 2.24) is 4.57 Å². The number of thiazole rings is 1. The fourth-order valence-electron chi connectivity index (χ4n) is 1.62. The lowest BCUT2D eigenvalue weighted by atomic mass is 10.2. The molecule has 1 aromatic carbocycles. The summed E-state index contributed by atoms with van der Waals surface area (Å²) in [5, 5.41) is 15.2. The van der Waals surface area contributed by atoms with E-state index in [0.29, 0.717) is 6.54 Å². The van der Waals surface area contributed by atoms with Gasteiger partial charge in [-0.2, -0.15) is 0 Å². The number of likely N-dealkylation sites (N-methyl/N-ethyl adjacent to an activating group) is 1. The molecule has 0 aliphatic heterocycles. The van der Waals surface area contributed by atoms with Gasteiger partial charge in [0.15, 0.2) is 0 Å². The first kappa shape index (κ1) is 13.6. The summed E-state index contributed by atoms with van der Waals surface area (Å²) in [4.78, 5) is 2.92. The number of aryl methyl sites for hydroxylation is 1. The van der Waals surface area contributed by atoms with E-state index in [1.54, 1.807) is 11.3 Å². The fourth-order valence-corrected chi connectivity index (χ4v) is 2.31. The van der Waals surface area contributed by atoms with E-state index in [-0.39, 0.29) is 6.61 Å². The van der Waals surface area contributed by atoms with Gasteiger partial charge in [0, 0.05) is 37.9 Å².